The van der Waals surface area contributed by atoms with E-state index < -0.39 is 0 Å². The first-order valence-electron chi connectivity index (χ1n) is 6.96. The van der Waals surface area contributed by atoms with Crippen molar-refractivity contribution in [3.8, 4) is 6.07 Å². The lowest BCUT2D eigenvalue weighted by Crippen LogP contribution is -2.62. The van der Waals surface area contributed by atoms with Gasteiger partial charge in [-0.2, -0.15) is 5.26 Å². The largest absolute Gasteiger partial charge is 0.368 e. The normalized spacial score (nSPS) is 22.6. The Hall–Kier alpha value is -1.05. The smallest absolute Gasteiger partial charge is 0.0638 e. The summed E-state index contributed by atoms with van der Waals surface area (Å²) in [7, 11) is 2.13. The van der Waals surface area contributed by atoms with Crippen LogP contribution in [-0.2, 0) is 0 Å². The third-order valence-electron chi connectivity index (χ3n) is 4.36. The van der Waals surface area contributed by atoms with Crippen LogP contribution in [0.2, 0.25) is 0 Å². The van der Waals surface area contributed by atoms with Crippen molar-refractivity contribution in [2.24, 2.45) is 0 Å². The van der Waals surface area contributed by atoms with Crippen molar-refractivity contribution in [1.29, 1.82) is 5.26 Å². The molecule has 1 aliphatic heterocycles. The Kier molecular flexibility index (Phi) is 4.41. The Bertz CT molecular complexity index is 533. The van der Waals surface area contributed by atoms with Crippen molar-refractivity contribution >= 4 is 21.6 Å². The molecule has 0 bridgehead atoms. The fourth-order valence-corrected chi connectivity index (χ4v) is 3.16. The van der Waals surface area contributed by atoms with Crippen molar-refractivity contribution in [2.75, 3.05) is 25.0 Å². The third kappa shape index (κ3) is 2.99. The van der Waals surface area contributed by atoms with E-state index in [2.05, 4.69) is 77.8 Å². The van der Waals surface area contributed by atoms with E-state index in [1.165, 1.54) is 11.3 Å². The molecule has 0 amide bonds. The molecular weight excluding hydrogens is 314 g/mol. The standard InChI is InChI=1S/C16H22BrN3/c1-12-5-6-13(9-15(12)17)20-10-14(7-8-18)19(4)16(2,3)11-20/h5-6,9,14H,7,10-11H2,1-4H3. The minimum Gasteiger partial charge on any atom is -0.368 e. The van der Waals surface area contributed by atoms with E-state index in [0.717, 1.165) is 17.6 Å². The molecule has 4 heteroatoms. The van der Waals surface area contributed by atoms with E-state index in [4.69, 9.17) is 5.26 Å². The first-order valence-corrected chi connectivity index (χ1v) is 7.75. The zero-order chi connectivity index (χ0) is 14.9. The van der Waals surface area contributed by atoms with Crippen LogP contribution in [0.4, 0.5) is 5.69 Å². The Morgan fingerprint density at radius 2 is 2.15 bits per heavy atom. The molecule has 1 aliphatic rings. The van der Waals surface area contributed by atoms with Gasteiger partial charge in [-0.05, 0) is 45.5 Å². The van der Waals surface area contributed by atoms with Crippen molar-refractivity contribution in [2.45, 2.75) is 38.8 Å². The van der Waals surface area contributed by atoms with Crippen LogP contribution in [0.15, 0.2) is 22.7 Å². The molecule has 1 aromatic rings. The highest BCUT2D eigenvalue weighted by atomic mass is 79.9. The van der Waals surface area contributed by atoms with Gasteiger partial charge in [-0.3, -0.25) is 4.90 Å². The van der Waals surface area contributed by atoms with Crippen molar-refractivity contribution in [1.82, 2.24) is 4.90 Å². The number of hydrogen-bond acceptors (Lipinski definition) is 3. The minimum absolute atomic E-state index is 0.0666. The van der Waals surface area contributed by atoms with Crippen LogP contribution < -0.4 is 4.90 Å². The molecular formula is C16H22BrN3. The van der Waals surface area contributed by atoms with Gasteiger partial charge in [0.25, 0.3) is 0 Å². The van der Waals surface area contributed by atoms with Gasteiger partial charge < -0.3 is 4.90 Å². The molecule has 1 fully saturated rings. The monoisotopic (exact) mass is 335 g/mol. The van der Waals surface area contributed by atoms with Crippen LogP contribution >= 0.6 is 15.9 Å². The van der Waals surface area contributed by atoms with Gasteiger partial charge in [0.1, 0.15) is 0 Å². The molecule has 1 aromatic carbocycles. The van der Waals surface area contributed by atoms with Crippen LogP contribution in [0.3, 0.4) is 0 Å². The fraction of sp³-hybridized carbons (Fsp3) is 0.562. The number of benzene rings is 1. The van der Waals surface area contributed by atoms with E-state index in [1.54, 1.807) is 0 Å². The maximum absolute atomic E-state index is 9.04. The molecule has 0 aromatic heterocycles. The summed E-state index contributed by atoms with van der Waals surface area (Å²) >= 11 is 3.61. The number of halogens is 1. The number of nitriles is 1. The molecule has 1 saturated heterocycles. The van der Waals surface area contributed by atoms with E-state index in [-0.39, 0.29) is 11.6 Å². The average Bonchev–Trinajstić information content (AvgIpc) is 2.38. The fourth-order valence-electron chi connectivity index (χ4n) is 2.80. The molecule has 1 unspecified atom stereocenters. The Morgan fingerprint density at radius 3 is 2.75 bits per heavy atom. The Balaban J connectivity index is 2.28. The van der Waals surface area contributed by atoms with E-state index in [1.807, 2.05) is 0 Å². The van der Waals surface area contributed by atoms with Crippen LogP contribution in [-0.4, -0.2) is 36.6 Å². The Labute approximate surface area is 130 Å². The van der Waals surface area contributed by atoms with Crippen molar-refractivity contribution in [3.63, 3.8) is 0 Å². The summed E-state index contributed by atoms with van der Waals surface area (Å²) in [5.41, 5.74) is 2.54. The van der Waals surface area contributed by atoms with Gasteiger partial charge in [0.05, 0.1) is 12.5 Å². The summed E-state index contributed by atoms with van der Waals surface area (Å²) in [6.45, 7) is 8.46. The maximum atomic E-state index is 9.04. The van der Waals surface area contributed by atoms with Crippen LogP contribution in [0.5, 0.6) is 0 Å². The summed E-state index contributed by atoms with van der Waals surface area (Å²) in [6, 6.07) is 9.10. The van der Waals surface area contributed by atoms with E-state index in [0.29, 0.717) is 6.42 Å². The molecule has 0 spiro atoms. The SMILES string of the molecule is Cc1ccc(N2CC(CC#N)N(C)C(C)(C)C2)cc1Br. The first kappa shape index (κ1) is 15.3. The predicted octanol–water partition coefficient (Wildman–Crippen LogP) is 3.57. The molecule has 0 radical (unpaired) electrons. The lowest BCUT2D eigenvalue weighted by Gasteiger charge is -2.50. The zero-order valence-corrected chi connectivity index (χ0v) is 14.2. The number of rotatable bonds is 2. The molecule has 0 aliphatic carbocycles. The van der Waals surface area contributed by atoms with E-state index >= 15 is 0 Å². The molecule has 1 heterocycles. The molecule has 3 nitrogen and oxygen atoms in total. The highest BCUT2D eigenvalue weighted by molar-refractivity contribution is 9.10. The summed E-state index contributed by atoms with van der Waals surface area (Å²) in [5.74, 6) is 0. The lowest BCUT2D eigenvalue weighted by atomic mass is 9.94. The second-order valence-corrected chi connectivity index (χ2v) is 7.11. The number of aryl methyl sites for hydroxylation is 1. The van der Waals surface area contributed by atoms with Crippen LogP contribution in [0.1, 0.15) is 25.8 Å². The van der Waals surface area contributed by atoms with Gasteiger partial charge in [0.2, 0.25) is 0 Å². The molecule has 0 N–H and O–H groups in total. The summed E-state index contributed by atoms with van der Waals surface area (Å²) in [5, 5.41) is 9.04. The number of nitrogens with zero attached hydrogens (tertiary/aromatic N) is 3. The summed E-state index contributed by atoms with van der Waals surface area (Å²) in [4.78, 5) is 4.74. The third-order valence-corrected chi connectivity index (χ3v) is 5.21. The second-order valence-electron chi connectivity index (χ2n) is 6.25. The maximum Gasteiger partial charge on any atom is 0.0638 e. The number of likely N-dealkylation sites (N-methyl/N-ethyl adjacent to an activating group) is 1. The Morgan fingerprint density at radius 1 is 1.45 bits per heavy atom. The second kappa shape index (κ2) is 5.75. The van der Waals surface area contributed by atoms with Crippen molar-refractivity contribution in [3.05, 3.63) is 28.2 Å². The highest BCUT2D eigenvalue weighted by Crippen LogP contribution is 2.31. The topological polar surface area (TPSA) is 30.3 Å². The molecule has 108 valence electrons. The molecule has 2 rings (SSSR count). The molecule has 1 atom stereocenters. The number of piperazine rings is 1. The van der Waals surface area contributed by atoms with Gasteiger partial charge in [-0.1, -0.05) is 22.0 Å². The molecule has 0 saturated carbocycles. The lowest BCUT2D eigenvalue weighted by molar-refractivity contribution is 0.0826. The van der Waals surface area contributed by atoms with Gasteiger partial charge in [-0.25, -0.2) is 0 Å². The van der Waals surface area contributed by atoms with E-state index in [9.17, 15) is 0 Å². The zero-order valence-electron chi connectivity index (χ0n) is 12.7. The van der Waals surface area contributed by atoms with Gasteiger partial charge >= 0.3 is 0 Å². The predicted molar refractivity (Wildman–Crippen MR) is 87.0 cm³/mol. The van der Waals surface area contributed by atoms with Gasteiger partial charge in [0, 0.05) is 34.8 Å². The summed E-state index contributed by atoms with van der Waals surface area (Å²) < 4.78 is 1.14. The van der Waals surface area contributed by atoms with Gasteiger partial charge in [-0.15, -0.1) is 0 Å². The minimum atomic E-state index is 0.0666. The number of hydrogen-bond donors (Lipinski definition) is 0. The quantitative estimate of drug-likeness (QED) is 0.827. The van der Waals surface area contributed by atoms with Gasteiger partial charge in [0.15, 0.2) is 0 Å². The average molecular weight is 336 g/mol. The number of anilines is 1. The highest BCUT2D eigenvalue weighted by Gasteiger charge is 2.37. The molecule has 20 heavy (non-hydrogen) atoms. The van der Waals surface area contributed by atoms with Crippen LogP contribution in [0, 0.1) is 18.3 Å². The van der Waals surface area contributed by atoms with Crippen LogP contribution in [0.25, 0.3) is 0 Å². The summed E-state index contributed by atoms with van der Waals surface area (Å²) in [6.07, 6.45) is 0.573. The van der Waals surface area contributed by atoms with Crippen molar-refractivity contribution < 1.29 is 0 Å². The first-order chi connectivity index (χ1) is 9.35.